The summed E-state index contributed by atoms with van der Waals surface area (Å²) in [4.78, 5) is 13.2. The van der Waals surface area contributed by atoms with Gasteiger partial charge in [0.2, 0.25) is 0 Å². The van der Waals surface area contributed by atoms with Crippen molar-refractivity contribution in [3.8, 4) is 11.8 Å². The number of hydrogen-bond acceptors (Lipinski definition) is 6. The SMILES string of the molecule is COc1cccc(C(NCC2CC2)c2ccc(F)c(NC(=O)/C(=C/C(=N)C(F)(F)F)Nc3cccc(C#N)c3)c2)c1. The molecule has 1 fully saturated rings. The first kappa shape index (κ1) is 29.3. The summed E-state index contributed by atoms with van der Waals surface area (Å²) in [5, 5.41) is 24.8. The number of alkyl halides is 3. The van der Waals surface area contributed by atoms with Crippen LogP contribution in [0.1, 0.15) is 35.6 Å². The molecule has 1 amide bonds. The van der Waals surface area contributed by atoms with E-state index in [0.717, 1.165) is 24.9 Å². The van der Waals surface area contributed by atoms with E-state index in [2.05, 4.69) is 16.0 Å². The van der Waals surface area contributed by atoms with Gasteiger partial charge < -0.3 is 20.7 Å². The van der Waals surface area contributed by atoms with Gasteiger partial charge in [-0.3, -0.25) is 10.2 Å². The third kappa shape index (κ3) is 7.93. The molecule has 0 aromatic heterocycles. The van der Waals surface area contributed by atoms with Gasteiger partial charge in [0.25, 0.3) is 5.91 Å². The number of ether oxygens (including phenoxy) is 1. The molecule has 212 valence electrons. The zero-order chi connectivity index (χ0) is 29.6. The van der Waals surface area contributed by atoms with Crippen LogP contribution in [-0.4, -0.2) is 31.4 Å². The lowest BCUT2D eigenvalue weighted by molar-refractivity contribution is -0.112. The van der Waals surface area contributed by atoms with Gasteiger partial charge in [-0.1, -0.05) is 24.3 Å². The van der Waals surface area contributed by atoms with E-state index >= 15 is 0 Å². The van der Waals surface area contributed by atoms with Gasteiger partial charge in [-0.05, 0) is 85.0 Å². The van der Waals surface area contributed by atoms with E-state index in [9.17, 15) is 22.4 Å². The molecule has 1 aliphatic carbocycles. The first-order chi connectivity index (χ1) is 19.6. The topological polar surface area (TPSA) is 110 Å². The maximum Gasteiger partial charge on any atom is 0.432 e. The number of anilines is 2. The van der Waals surface area contributed by atoms with Gasteiger partial charge in [0.05, 0.1) is 30.5 Å². The van der Waals surface area contributed by atoms with Crippen molar-refractivity contribution in [2.24, 2.45) is 5.92 Å². The summed E-state index contributed by atoms with van der Waals surface area (Å²) in [5.41, 5.74) is -0.929. The Morgan fingerprint density at radius 1 is 1.10 bits per heavy atom. The van der Waals surface area contributed by atoms with Crippen molar-refractivity contribution < 1.29 is 27.1 Å². The molecule has 4 rings (SSSR count). The number of carbonyl (C=O) groups is 1. The molecule has 1 atom stereocenters. The standard InChI is InChI=1S/C30H27F4N5O2/c1-41-23-7-3-5-20(13-23)28(37-17-18-8-9-18)21-10-11-24(31)25(14-21)39-29(40)26(15-27(36)30(32,33)34)38-22-6-2-4-19(12-22)16-35/h2-7,10-15,18,28,36-38H,8-9,17H2,1H3,(H,39,40)/b26-15-,36-27?. The monoisotopic (exact) mass is 565 g/mol. The van der Waals surface area contributed by atoms with Crippen LogP contribution in [0.15, 0.2) is 78.5 Å². The maximum atomic E-state index is 14.9. The number of allylic oxidation sites excluding steroid dienone is 1. The predicted molar refractivity (Wildman–Crippen MR) is 147 cm³/mol. The first-order valence-electron chi connectivity index (χ1n) is 12.7. The van der Waals surface area contributed by atoms with E-state index in [1.165, 1.54) is 36.4 Å². The lowest BCUT2D eigenvalue weighted by atomic mass is 9.97. The molecule has 7 nitrogen and oxygen atoms in total. The number of benzene rings is 3. The summed E-state index contributed by atoms with van der Waals surface area (Å²) in [6, 6.07) is 18.7. The highest BCUT2D eigenvalue weighted by molar-refractivity contribution is 6.11. The molecule has 3 aromatic carbocycles. The Balaban J connectivity index is 1.65. The second-order valence-electron chi connectivity index (χ2n) is 9.54. The summed E-state index contributed by atoms with van der Waals surface area (Å²) in [5.74, 6) is -0.749. The molecular weight excluding hydrogens is 538 g/mol. The third-order valence-electron chi connectivity index (χ3n) is 6.42. The molecule has 0 aliphatic heterocycles. The van der Waals surface area contributed by atoms with Crippen LogP contribution >= 0.6 is 0 Å². The van der Waals surface area contributed by atoms with Crippen molar-refractivity contribution >= 4 is 23.0 Å². The Bertz CT molecular complexity index is 1510. The number of nitriles is 1. The molecule has 0 heterocycles. The summed E-state index contributed by atoms with van der Waals surface area (Å²) in [7, 11) is 1.55. The highest BCUT2D eigenvalue weighted by Crippen LogP contribution is 2.32. The average molecular weight is 566 g/mol. The molecular formula is C30H27F4N5O2. The van der Waals surface area contributed by atoms with Crippen LogP contribution in [0, 0.1) is 28.5 Å². The van der Waals surface area contributed by atoms with Crippen molar-refractivity contribution in [3.63, 3.8) is 0 Å². The van der Waals surface area contributed by atoms with Gasteiger partial charge in [-0.25, -0.2) is 4.39 Å². The number of hydrogen-bond donors (Lipinski definition) is 4. The average Bonchev–Trinajstić information content (AvgIpc) is 3.78. The molecule has 1 unspecified atom stereocenters. The van der Waals surface area contributed by atoms with E-state index in [0.29, 0.717) is 23.3 Å². The number of amides is 1. The molecule has 3 aromatic rings. The molecule has 11 heteroatoms. The van der Waals surface area contributed by atoms with E-state index in [1.807, 2.05) is 24.3 Å². The Morgan fingerprint density at radius 3 is 2.51 bits per heavy atom. The Kier molecular flexibility index (Phi) is 9.04. The van der Waals surface area contributed by atoms with Gasteiger partial charge in [0, 0.05) is 5.69 Å². The van der Waals surface area contributed by atoms with E-state index in [-0.39, 0.29) is 23.0 Å². The minimum atomic E-state index is -5.02. The minimum absolute atomic E-state index is 0.136. The van der Waals surface area contributed by atoms with Crippen LogP contribution in [0.2, 0.25) is 0 Å². The van der Waals surface area contributed by atoms with Gasteiger partial charge >= 0.3 is 6.18 Å². The summed E-state index contributed by atoms with van der Waals surface area (Å²) >= 11 is 0. The quantitative estimate of drug-likeness (QED) is 0.124. The molecule has 4 N–H and O–H groups in total. The number of nitrogens with zero attached hydrogens (tertiary/aromatic N) is 1. The van der Waals surface area contributed by atoms with Gasteiger partial charge in [0.15, 0.2) is 0 Å². The Hall–Kier alpha value is -4.69. The van der Waals surface area contributed by atoms with Gasteiger partial charge in [-0.2, -0.15) is 18.4 Å². The van der Waals surface area contributed by atoms with Crippen molar-refractivity contribution in [1.29, 1.82) is 10.7 Å². The van der Waals surface area contributed by atoms with Crippen LogP contribution < -0.4 is 20.7 Å². The van der Waals surface area contributed by atoms with Crippen LogP contribution in [0.3, 0.4) is 0 Å². The fraction of sp³-hybridized carbons (Fsp3) is 0.233. The summed E-state index contributed by atoms with van der Waals surface area (Å²) in [6.07, 6.45) is -2.50. The highest BCUT2D eigenvalue weighted by Gasteiger charge is 2.34. The lowest BCUT2D eigenvalue weighted by Crippen LogP contribution is -2.26. The zero-order valence-electron chi connectivity index (χ0n) is 22.0. The second-order valence-corrected chi connectivity index (χ2v) is 9.54. The minimum Gasteiger partial charge on any atom is -0.497 e. The molecule has 0 radical (unpaired) electrons. The normalized spacial score (nSPS) is 14.1. The predicted octanol–water partition coefficient (Wildman–Crippen LogP) is 6.31. The maximum absolute atomic E-state index is 14.9. The Morgan fingerprint density at radius 2 is 1.83 bits per heavy atom. The fourth-order valence-electron chi connectivity index (χ4n) is 4.07. The third-order valence-corrected chi connectivity index (χ3v) is 6.42. The van der Waals surface area contributed by atoms with E-state index < -0.39 is 29.3 Å². The van der Waals surface area contributed by atoms with Crippen molar-refractivity contribution in [1.82, 2.24) is 5.32 Å². The molecule has 0 spiro atoms. The molecule has 1 aliphatic rings. The first-order valence-corrected chi connectivity index (χ1v) is 12.7. The highest BCUT2D eigenvalue weighted by atomic mass is 19.4. The molecule has 0 bridgehead atoms. The molecule has 0 saturated heterocycles. The Labute approximate surface area is 234 Å². The number of halogens is 4. The number of methoxy groups -OCH3 is 1. The van der Waals surface area contributed by atoms with Crippen LogP contribution in [0.4, 0.5) is 28.9 Å². The molecule has 41 heavy (non-hydrogen) atoms. The van der Waals surface area contributed by atoms with Crippen molar-refractivity contribution in [2.75, 3.05) is 24.3 Å². The van der Waals surface area contributed by atoms with Crippen LogP contribution in [0.25, 0.3) is 0 Å². The van der Waals surface area contributed by atoms with Crippen molar-refractivity contribution in [3.05, 3.63) is 101 Å². The van der Waals surface area contributed by atoms with E-state index in [4.69, 9.17) is 15.4 Å². The number of nitrogens with one attached hydrogen (secondary N) is 4. The van der Waals surface area contributed by atoms with Crippen LogP contribution in [-0.2, 0) is 4.79 Å². The zero-order valence-corrected chi connectivity index (χ0v) is 22.0. The largest absolute Gasteiger partial charge is 0.497 e. The van der Waals surface area contributed by atoms with E-state index in [1.54, 1.807) is 19.2 Å². The molecule has 1 saturated carbocycles. The van der Waals surface area contributed by atoms with Crippen LogP contribution in [0.5, 0.6) is 5.75 Å². The van der Waals surface area contributed by atoms with Gasteiger partial charge in [-0.15, -0.1) is 0 Å². The summed E-state index contributed by atoms with van der Waals surface area (Å²) < 4.78 is 59.8. The van der Waals surface area contributed by atoms with Crippen molar-refractivity contribution in [2.45, 2.75) is 25.1 Å². The lowest BCUT2D eigenvalue weighted by Gasteiger charge is -2.22. The number of rotatable bonds is 11. The number of carbonyl (C=O) groups excluding carboxylic acids is 1. The second kappa shape index (κ2) is 12.7. The smallest absolute Gasteiger partial charge is 0.432 e. The summed E-state index contributed by atoms with van der Waals surface area (Å²) in [6.45, 7) is 0.721. The van der Waals surface area contributed by atoms with Gasteiger partial charge in [0.1, 0.15) is 23.0 Å². The fourth-order valence-corrected chi connectivity index (χ4v) is 4.07.